The van der Waals surface area contributed by atoms with E-state index in [-0.39, 0.29) is 6.04 Å². The molecule has 0 amide bonds. The molecule has 1 atom stereocenters. The number of aromatic nitrogens is 2. The van der Waals surface area contributed by atoms with Crippen LogP contribution in [0, 0.1) is 0 Å². The second-order valence-electron chi connectivity index (χ2n) is 3.74. The summed E-state index contributed by atoms with van der Waals surface area (Å²) in [6.45, 7) is 0. The minimum Gasteiger partial charge on any atom is -0.324 e. The fourth-order valence-corrected chi connectivity index (χ4v) is 1.65. The SMILES string of the molecule is Cn1cc(CC(N)c2ccccc2)cn1. The second kappa shape index (κ2) is 4.28. The summed E-state index contributed by atoms with van der Waals surface area (Å²) >= 11 is 0. The summed E-state index contributed by atoms with van der Waals surface area (Å²) in [6, 6.07) is 10.2. The molecule has 1 unspecified atom stereocenters. The molecule has 15 heavy (non-hydrogen) atoms. The van der Waals surface area contributed by atoms with Gasteiger partial charge in [-0.2, -0.15) is 5.10 Å². The van der Waals surface area contributed by atoms with E-state index in [1.54, 1.807) is 4.68 Å². The monoisotopic (exact) mass is 201 g/mol. The topological polar surface area (TPSA) is 43.8 Å². The van der Waals surface area contributed by atoms with Gasteiger partial charge in [-0.05, 0) is 17.5 Å². The molecule has 0 bridgehead atoms. The van der Waals surface area contributed by atoms with Crippen LogP contribution >= 0.6 is 0 Å². The Morgan fingerprint density at radius 1 is 1.33 bits per heavy atom. The number of rotatable bonds is 3. The van der Waals surface area contributed by atoms with Crippen molar-refractivity contribution in [3.8, 4) is 0 Å². The van der Waals surface area contributed by atoms with Crippen LogP contribution in [0.15, 0.2) is 42.7 Å². The smallest absolute Gasteiger partial charge is 0.0522 e. The maximum Gasteiger partial charge on any atom is 0.0522 e. The van der Waals surface area contributed by atoms with Crippen LogP contribution in [0.2, 0.25) is 0 Å². The van der Waals surface area contributed by atoms with Crippen molar-refractivity contribution >= 4 is 0 Å². The predicted octanol–water partition coefficient (Wildman–Crippen LogP) is 1.66. The van der Waals surface area contributed by atoms with Crippen molar-refractivity contribution in [3.63, 3.8) is 0 Å². The lowest BCUT2D eigenvalue weighted by molar-refractivity contribution is 0.719. The Kier molecular flexibility index (Phi) is 2.83. The van der Waals surface area contributed by atoms with Gasteiger partial charge in [0.2, 0.25) is 0 Å². The third-order valence-electron chi connectivity index (χ3n) is 2.44. The first kappa shape index (κ1) is 9.93. The van der Waals surface area contributed by atoms with Crippen LogP contribution in [0.5, 0.6) is 0 Å². The largest absolute Gasteiger partial charge is 0.324 e. The van der Waals surface area contributed by atoms with Crippen LogP contribution in [-0.2, 0) is 13.5 Å². The average Bonchev–Trinajstić information content (AvgIpc) is 2.65. The highest BCUT2D eigenvalue weighted by Crippen LogP contribution is 2.14. The maximum absolute atomic E-state index is 6.10. The minimum absolute atomic E-state index is 0.0513. The standard InChI is InChI=1S/C12H15N3/c1-15-9-10(8-14-15)7-12(13)11-5-3-2-4-6-11/h2-6,8-9,12H,7,13H2,1H3. The number of aryl methyl sites for hydroxylation is 1. The molecule has 1 aromatic carbocycles. The molecule has 0 aliphatic rings. The number of hydrogen-bond donors (Lipinski definition) is 1. The number of hydrogen-bond acceptors (Lipinski definition) is 2. The Morgan fingerprint density at radius 3 is 2.67 bits per heavy atom. The Balaban J connectivity index is 2.07. The molecule has 0 radical (unpaired) electrons. The van der Waals surface area contributed by atoms with Crippen molar-refractivity contribution in [2.75, 3.05) is 0 Å². The summed E-state index contributed by atoms with van der Waals surface area (Å²) < 4.78 is 1.80. The van der Waals surface area contributed by atoms with Crippen LogP contribution in [0.3, 0.4) is 0 Å². The fraction of sp³-hybridized carbons (Fsp3) is 0.250. The number of benzene rings is 1. The van der Waals surface area contributed by atoms with Gasteiger partial charge in [-0.3, -0.25) is 4.68 Å². The molecule has 0 saturated carbocycles. The van der Waals surface area contributed by atoms with Crippen LogP contribution in [0.4, 0.5) is 0 Å². The van der Waals surface area contributed by atoms with Crippen molar-refractivity contribution in [1.29, 1.82) is 0 Å². The molecule has 3 nitrogen and oxygen atoms in total. The Hall–Kier alpha value is -1.61. The van der Waals surface area contributed by atoms with E-state index in [0.717, 1.165) is 6.42 Å². The van der Waals surface area contributed by atoms with Gasteiger partial charge in [0.25, 0.3) is 0 Å². The summed E-state index contributed by atoms with van der Waals surface area (Å²) in [6.07, 6.45) is 4.70. The Bertz CT molecular complexity index is 419. The average molecular weight is 201 g/mol. The van der Waals surface area contributed by atoms with E-state index in [1.807, 2.05) is 37.6 Å². The summed E-state index contributed by atoms with van der Waals surface area (Å²) in [5.41, 5.74) is 8.44. The molecule has 0 aliphatic carbocycles. The van der Waals surface area contributed by atoms with Gasteiger partial charge in [0.1, 0.15) is 0 Å². The second-order valence-corrected chi connectivity index (χ2v) is 3.74. The highest BCUT2D eigenvalue weighted by atomic mass is 15.2. The normalized spacial score (nSPS) is 12.7. The quantitative estimate of drug-likeness (QED) is 0.820. The van der Waals surface area contributed by atoms with Crippen LogP contribution in [0.25, 0.3) is 0 Å². The van der Waals surface area contributed by atoms with Crippen LogP contribution in [-0.4, -0.2) is 9.78 Å². The van der Waals surface area contributed by atoms with Gasteiger partial charge in [0, 0.05) is 19.3 Å². The third-order valence-corrected chi connectivity index (χ3v) is 2.44. The predicted molar refractivity (Wildman–Crippen MR) is 60.3 cm³/mol. The van der Waals surface area contributed by atoms with Crippen molar-refractivity contribution in [2.24, 2.45) is 12.8 Å². The van der Waals surface area contributed by atoms with Crippen LogP contribution < -0.4 is 5.73 Å². The lowest BCUT2D eigenvalue weighted by atomic mass is 10.0. The first-order valence-electron chi connectivity index (χ1n) is 5.04. The van der Waals surface area contributed by atoms with Gasteiger partial charge in [0.05, 0.1) is 6.20 Å². The van der Waals surface area contributed by atoms with Crippen LogP contribution in [0.1, 0.15) is 17.2 Å². The molecule has 78 valence electrons. The zero-order chi connectivity index (χ0) is 10.7. The molecule has 1 heterocycles. The Morgan fingerprint density at radius 2 is 2.07 bits per heavy atom. The van der Waals surface area contributed by atoms with E-state index in [1.165, 1.54) is 11.1 Å². The number of nitrogens with zero attached hydrogens (tertiary/aromatic N) is 2. The van der Waals surface area contributed by atoms with E-state index < -0.39 is 0 Å². The highest BCUT2D eigenvalue weighted by Gasteiger charge is 2.07. The maximum atomic E-state index is 6.10. The van der Waals surface area contributed by atoms with E-state index >= 15 is 0 Å². The fourth-order valence-electron chi connectivity index (χ4n) is 1.65. The van der Waals surface area contributed by atoms with Gasteiger partial charge < -0.3 is 5.73 Å². The summed E-state index contributed by atoms with van der Waals surface area (Å²) in [7, 11) is 1.91. The molecule has 3 heteroatoms. The first-order chi connectivity index (χ1) is 7.25. The van der Waals surface area contributed by atoms with Gasteiger partial charge >= 0.3 is 0 Å². The Labute approximate surface area is 89.5 Å². The van der Waals surface area contributed by atoms with E-state index in [2.05, 4.69) is 17.2 Å². The number of nitrogens with two attached hydrogens (primary N) is 1. The molecule has 0 saturated heterocycles. The third kappa shape index (κ3) is 2.44. The van der Waals surface area contributed by atoms with E-state index in [4.69, 9.17) is 5.73 Å². The van der Waals surface area contributed by atoms with Crippen molar-refractivity contribution in [3.05, 3.63) is 53.9 Å². The molecule has 2 N–H and O–H groups in total. The zero-order valence-electron chi connectivity index (χ0n) is 8.80. The van der Waals surface area contributed by atoms with E-state index in [0.29, 0.717) is 0 Å². The summed E-state index contributed by atoms with van der Waals surface area (Å²) in [5, 5.41) is 4.12. The molecular weight excluding hydrogens is 186 g/mol. The molecule has 1 aromatic heterocycles. The lowest BCUT2D eigenvalue weighted by Crippen LogP contribution is -2.12. The molecule has 0 fully saturated rings. The molecular formula is C12H15N3. The van der Waals surface area contributed by atoms with Gasteiger partial charge in [0.15, 0.2) is 0 Å². The minimum atomic E-state index is 0.0513. The molecule has 2 rings (SSSR count). The highest BCUT2D eigenvalue weighted by molar-refractivity contribution is 5.21. The lowest BCUT2D eigenvalue weighted by Gasteiger charge is -2.09. The van der Waals surface area contributed by atoms with Crippen molar-refractivity contribution in [2.45, 2.75) is 12.5 Å². The van der Waals surface area contributed by atoms with E-state index in [9.17, 15) is 0 Å². The zero-order valence-corrected chi connectivity index (χ0v) is 8.80. The van der Waals surface area contributed by atoms with Gasteiger partial charge in [-0.25, -0.2) is 0 Å². The van der Waals surface area contributed by atoms with Gasteiger partial charge in [-0.15, -0.1) is 0 Å². The van der Waals surface area contributed by atoms with Crippen molar-refractivity contribution in [1.82, 2.24) is 9.78 Å². The molecule has 0 aliphatic heterocycles. The summed E-state index contributed by atoms with van der Waals surface area (Å²) in [4.78, 5) is 0. The van der Waals surface area contributed by atoms with Crippen molar-refractivity contribution < 1.29 is 0 Å². The first-order valence-corrected chi connectivity index (χ1v) is 5.04. The summed E-state index contributed by atoms with van der Waals surface area (Å²) in [5.74, 6) is 0. The van der Waals surface area contributed by atoms with Gasteiger partial charge in [-0.1, -0.05) is 30.3 Å². The molecule has 2 aromatic rings. The molecule has 0 spiro atoms.